The van der Waals surface area contributed by atoms with Gasteiger partial charge in [0, 0.05) is 58.6 Å². The normalized spacial score (nSPS) is 11.5. The van der Waals surface area contributed by atoms with Crippen LogP contribution in [0, 0.1) is 5.82 Å². The number of phenolic OH excluding ortho intramolecular Hbond substituents is 1. The maximum atomic E-state index is 14.0. The standard InChI is InChI=1S/C28H23FN6O/c1-2-30-12-16-6-18(14-31-13-16)19-9-24-27(34-35-28(24)32-15-19)26-11-23-22(4-3-5-25(23)33-26)17-7-20(29)10-21(36)8-17/h3-11,13-15,30,33,36H,2,12H2,1H3,(H,32,34,35). The van der Waals surface area contributed by atoms with Gasteiger partial charge in [-0.15, -0.1) is 0 Å². The molecule has 0 radical (unpaired) electrons. The molecule has 0 spiro atoms. The number of H-pyrrole nitrogens is 2. The summed E-state index contributed by atoms with van der Waals surface area (Å²) in [5.74, 6) is -0.597. The summed E-state index contributed by atoms with van der Waals surface area (Å²) in [6.07, 6.45) is 5.50. The average molecular weight is 479 g/mol. The van der Waals surface area contributed by atoms with Gasteiger partial charge in [-0.25, -0.2) is 9.37 Å². The number of phenols is 1. The lowest BCUT2D eigenvalue weighted by Gasteiger charge is -2.06. The fourth-order valence-electron chi connectivity index (χ4n) is 4.55. The monoisotopic (exact) mass is 478 g/mol. The van der Waals surface area contributed by atoms with E-state index in [1.165, 1.54) is 6.07 Å². The summed E-state index contributed by atoms with van der Waals surface area (Å²) in [5, 5.41) is 22.5. The Balaban J connectivity index is 1.44. The molecule has 8 heteroatoms. The Morgan fingerprint density at radius 2 is 1.83 bits per heavy atom. The lowest BCUT2D eigenvalue weighted by Crippen LogP contribution is -2.11. The topological polar surface area (TPSA) is 103 Å². The van der Waals surface area contributed by atoms with Gasteiger partial charge < -0.3 is 15.4 Å². The van der Waals surface area contributed by atoms with Crippen LogP contribution in [0.5, 0.6) is 5.75 Å². The molecule has 2 aromatic carbocycles. The fraction of sp³-hybridized carbons (Fsp3) is 0.107. The smallest absolute Gasteiger partial charge is 0.181 e. The van der Waals surface area contributed by atoms with E-state index in [2.05, 4.69) is 49.5 Å². The third kappa shape index (κ3) is 3.97. The number of nitrogens with zero attached hydrogens (tertiary/aromatic N) is 3. The maximum absolute atomic E-state index is 14.0. The molecule has 0 aliphatic carbocycles. The van der Waals surface area contributed by atoms with E-state index in [9.17, 15) is 9.50 Å². The van der Waals surface area contributed by atoms with Crippen molar-refractivity contribution in [2.75, 3.05) is 6.54 Å². The first-order chi connectivity index (χ1) is 17.6. The number of halogens is 1. The molecule has 0 bridgehead atoms. The minimum atomic E-state index is -0.486. The molecule has 0 fully saturated rings. The molecule has 4 N–H and O–H groups in total. The van der Waals surface area contributed by atoms with Crippen molar-refractivity contribution in [2.24, 2.45) is 0 Å². The summed E-state index contributed by atoms with van der Waals surface area (Å²) in [6.45, 7) is 3.72. The molecule has 6 rings (SSSR count). The zero-order chi connectivity index (χ0) is 24.6. The molecule has 178 valence electrons. The molecule has 6 aromatic rings. The van der Waals surface area contributed by atoms with Crippen LogP contribution in [0.3, 0.4) is 0 Å². The fourth-order valence-corrected chi connectivity index (χ4v) is 4.55. The van der Waals surface area contributed by atoms with Crippen molar-refractivity contribution in [1.82, 2.24) is 30.5 Å². The first kappa shape index (κ1) is 21.9. The molecular formula is C28H23FN6O. The number of nitrogens with one attached hydrogen (secondary N) is 3. The van der Waals surface area contributed by atoms with Crippen molar-refractivity contribution in [2.45, 2.75) is 13.5 Å². The summed E-state index contributed by atoms with van der Waals surface area (Å²) >= 11 is 0. The predicted molar refractivity (Wildman–Crippen MR) is 139 cm³/mol. The number of aromatic nitrogens is 5. The summed E-state index contributed by atoms with van der Waals surface area (Å²) in [7, 11) is 0. The molecule has 36 heavy (non-hydrogen) atoms. The van der Waals surface area contributed by atoms with E-state index in [0.29, 0.717) is 11.2 Å². The van der Waals surface area contributed by atoms with E-state index in [1.54, 1.807) is 12.3 Å². The van der Waals surface area contributed by atoms with Gasteiger partial charge in [-0.3, -0.25) is 10.1 Å². The third-order valence-corrected chi connectivity index (χ3v) is 6.24. The molecular weight excluding hydrogens is 455 g/mol. The molecule has 0 saturated carbocycles. The predicted octanol–water partition coefficient (Wildman–Crippen LogP) is 5.79. The van der Waals surface area contributed by atoms with Gasteiger partial charge in [0.2, 0.25) is 0 Å². The van der Waals surface area contributed by atoms with Crippen molar-refractivity contribution in [3.63, 3.8) is 0 Å². The van der Waals surface area contributed by atoms with Crippen molar-refractivity contribution in [3.8, 4) is 39.4 Å². The number of aromatic amines is 2. The van der Waals surface area contributed by atoms with Crippen molar-refractivity contribution in [1.29, 1.82) is 0 Å². The molecule has 0 amide bonds. The lowest BCUT2D eigenvalue weighted by atomic mass is 10.0. The van der Waals surface area contributed by atoms with E-state index < -0.39 is 5.82 Å². The third-order valence-electron chi connectivity index (χ3n) is 6.24. The van der Waals surface area contributed by atoms with Gasteiger partial charge in [0.15, 0.2) is 5.65 Å². The maximum Gasteiger partial charge on any atom is 0.181 e. The highest BCUT2D eigenvalue weighted by molar-refractivity contribution is 6.01. The number of fused-ring (bicyclic) bond motifs is 2. The quantitative estimate of drug-likeness (QED) is 0.243. The van der Waals surface area contributed by atoms with Crippen LogP contribution in [-0.4, -0.2) is 36.8 Å². The SMILES string of the molecule is CCNCc1cncc(-c2cnc3n[nH]c(-c4cc5c(-c6cc(O)cc(F)c6)cccc5[nH]4)c3c2)c1. The van der Waals surface area contributed by atoms with Gasteiger partial charge in [-0.1, -0.05) is 19.1 Å². The summed E-state index contributed by atoms with van der Waals surface area (Å²) in [5.41, 5.74) is 7.59. The first-order valence-electron chi connectivity index (χ1n) is 11.7. The zero-order valence-corrected chi connectivity index (χ0v) is 19.5. The minimum absolute atomic E-state index is 0.111. The Morgan fingerprint density at radius 1 is 0.944 bits per heavy atom. The molecule has 0 atom stereocenters. The van der Waals surface area contributed by atoms with E-state index >= 15 is 0 Å². The van der Waals surface area contributed by atoms with Crippen LogP contribution in [-0.2, 0) is 6.54 Å². The van der Waals surface area contributed by atoms with Crippen molar-refractivity contribution < 1.29 is 9.50 Å². The van der Waals surface area contributed by atoms with Gasteiger partial charge in [-0.2, -0.15) is 5.10 Å². The van der Waals surface area contributed by atoms with Crippen LogP contribution < -0.4 is 5.32 Å². The highest BCUT2D eigenvalue weighted by Crippen LogP contribution is 2.36. The van der Waals surface area contributed by atoms with E-state index in [0.717, 1.165) is 69.1 Å². The second-order valence-electron chi connectivity index (χ2n) is 8.70. The van der Waals surface area contributed by atoms with Crippen LogP contribution in [0.15, 0.2) is 73.2 Å². The number of benzene rings is 2. The van der Waals surface area contributed by atoms with Gasteiger partial charge in [0.05, 0.1) is 11.4 Å². The average Bonchev–Trinajstić information content (AvgIpc) is 3.50. The van der Waals surface area contributed by atoms with E-state index in [4.69, 9.17) is 0 Å². The van der Waals surface area contributed by atoms with Crippen molar-refractivity contribution in [3.05, 3.63) is 84.6 Å². The lowest BCUT2D eigenvalue weighted by molar-refractivity contribution is 0.469. The molecule has 0 saturated heterocycles. The highest BCUT2D eigenvalue weighted by Gasteiger charge is 2.15. The summed E-state index contributed by atoms with van der Waals surface area (Å²) < 4.78 is 14.0. The van der Waals surface area contributed by atoms with Crippen LogP contribution in [0.2, 0.25) is 0 Å². The van der Waals surface area contributed by atoms with Gasteiger partial charge in [0.1, 0.15) is 11.6 Å². The Hall–Kier alpha value is -4.56. The molecule has 7 nitrogen and oxygen atoms in total. The number of hydrogen-bond donors (Lipinski definition) is 4. The van der Waals surface area contributed by atoms with Crippen LogP contribution in [0.4, 0.5) is 4.39 Å². The van der Waals surface area contributed by atoms with Gasteiger partial charge >= 0.3 is 0 Å². The van der Waals surface area contributed by atoms with Gasteiger partial charge in [-0.05, 0) is 59.6 Å². The minimum Gasteiger partial charge on any atom is -0.508 e. The molecule has 0 unspecified atom stereocenters. The Labute approximate surface area is 206 Å². The van der Waals surface area contributed by atoms with Crippen LogP contribution in [0.25, 0.3) is 55.6 Å². The molecule has 0 aliphatic rings. The second-order valence-corrected chi connectivity index (χ2v) is 8.70. The summed E-state index contributed by atoms with van der Waals surface area (Å²) in [4.78, 5) is 12.4. The molecule has 4 aromatic heterocycles. The van der Waals surface area contributed by atoms with Gasteiger partial charge in [0.25, 0.3) is 0 Å². The Morgan fingerprint density at radius 3 is 2.69 bits per heavy atom. The number of aromatic hydroxyl groups is 1. The Kier molecular flexibility index (Phi) is 5.42. The van der Waals surface area contributed by atoms with Crippen LogP contribution >= 0.6 is 0 Å². The summed E-state index contributed by atoms with van der Waals surface area (Å²) in [6, 6.07) is 16.0. The highest BCUT2D eigenvalue weighted by atomic mass is 19.1. The molecule has 0 aliphatic heterocycles. The van der Waals surface area contributed by atoms with Crippen molar-refractivity contribution >= 4 is 21.9 Å². The van der Waals surface area contributed by atoms with E-state index in [-0.39, 0.29) is 5.75 Å². The number of rotatable bonds is 6. The van der Waals surface area contributed by atoms with Crippen LogP contribution in [0.1, 0.15) is 12.5 Å². The number of hydrogen-bond acceptors (Lipinski definition) is 5. The number of pyridine rings is 2. The van der Waals surface area contributed by atoms with E-state index in [1.807, 2.05) is 36.7 Å². The first-order valence-corrected chi connectivity index (χ1v) is 11.7. The zero-order valence-electron chi connectivity index (χ0n) is 19.5. The largest absolute Gasteiger partial charge is 0.508 e. The molecule has 4 heterocycles. The Bertz CT molecular complexity index is 1700. The second kappa shape index (κ2) is 8.90.